The molecule has 2 fully saturated rings. The van der Waals surface area contributed by atoms with E-state index in [1.165, 1.54) is 68.9 Å². The molecule has 2 aliphatic carbocycles. The molecule has 2 heterocycles. The van der Waals surface area contributed by atoms with E-state index in [1.807, 2.05) is 12.1 Å². The van der Waals surface area contributed by atoms with Crippen LogP contribution in [0.2, 0.25) is 0 Å². The molecule has 2 saturated carbocycles. The van der Waals surface area contributed by atoms with Gasteiger partial charge in [0.25, 0.3) is 0 Å². The second kappa shape index (κ2) is 9.93. The zero-order valence-corrected chi connectivity index (χ0v) is 23.7. The van der Waals surface area contributed by atoms with Crippen molar-refractivity contribution in [1.29, 1.82) is 5.26 Å². The Bertz CT molecular complexity index is 1750. The zero-order valence-electron chi connectivity index (χ0n) is 23.7. The smallest absolute Gasteiger partial charge is 0.216 e. The van der Waals surface area contributed by atoms with Gasteiger partial charge in [-0.1, -0.05) is 68.5 Å². The molecule has 1 spiro atoms. The fraction of sp³-hybridized carbons (Fsp3) is 0.351. The minimum Gasteiger partial charge on any atom is -0.454 e. The fourth-order valence-electron chi connectivity index (χ4n) is 8.05. The van der Waals surface area contributed by atoms with Crippen LogP contribution in [-0.4, -0.2) is 0 Å². The molecule has 0 aliphatic heterocycles. The lowest BCUT2D eigenvalue weighted by atomic mass is 9.57. The topological polar surface area (TPSA) is 40.8 Å². The summed E-state index contributed by atoms with van der Waals surface area (Å²) >= 11 is 0. The molecule has 2 aromatic heterocycles. The Labute approximate surface area is 237 Å². The van der Waals surface area contributed by atoms with Crippen molar-refractivity contribution < 1.29 is 8.98 Å². The third kappa shape index (κ3) is 3.96. The Morgan fingerprint density at radius 2 is 1.50 bits per heavy atom. The number of nitriles is 1. The highest BCUT2D eigenvalue weighted by atomic mass is 16.3. The second-order valence-corrected chi connectivity index (χ2v) is 12.3. The summed E-state index contributed by atoms with van der Waals surface area (Å²) in [5.74, 6) is 0.658. The number of rotatable bonds is 3. The highest BCUT2D eigenvalue weighted by Crippen LogP contribution is 2.55. The van der Waals surface area contributed by atoms with Crippen LogP contribution < -0.4 is 4.57 Å². The van der Waals surface area contributed by atoms with Gasteiger partial charge >= 0.3 is 0 Å². The van der Waals surface area contributed by atoms with Gasteiger partial charge in [0.15, 0.2) is 6.20 Å². The number of fused-ring (bicyclic) bond motifs is 3. The van der Waals surface area contributed by atoms with Gasteiger partial charge in [0.1, 0.15) is 18.2 Å². The Morgan fingerprint density at radius 3 is 2.23 bits per heavy atom. The number of nitrogens with zero attached hydrogens (tertiary/aromatic N) is 2. The van der Waals surface area contributed by atoms with Crippen LogP contribution in [0.15, 0.2) is 77.3 Å². The Morgan fingerprint density at radius 1 is 0.800 bits per heavy atom. The van der Waals surface area contributed by atoms with Crippen LogP contribution in [0.4, 0.5) is 0 Å². The van der Waals surface area contributed by atoms with Gasteiger partial charge in [0.05, 0.1) is 17.2 Å². The summed E-state index contributed by atoms with van der Waals surface area (Å²) in [5, 5.41) is 12.3. The van der Waals surface area contributed by atoms with Gasteiger partial charge in [0.2, 0.25) is 5.69 Å². The van der Waals surface area contributed by atoms with Crippen LogP contribution in [0, 0.1) is 23.7 Å². The maximum Gasteiger partial charge on any atom is 0.216 e. The molecule has 200 valence electrons. The van der Waals surface area contributed by atoms with E-state index in [0.717, 1.165) is 44.3 Å². The molecule has 0 N–H and O–H groups in total. The number of hydrogen-bond donors (Lipinski definition) is 0. The average molecular weight is 526 g/mol. The van der Waals surface area contributed by atoms with Crippen molar-refractivity contribution in [1.82, 2.24) is 0 Å². The van der Waals surface area contributed by atoms with Crippen molar-refractivity contribution in [2.45, 2.75) is 70.6 Å². The van der Waals surface area contributed by atoms with E-state index in [4.69, 9.17) is 4.42 Å². The quantitative estimate of drug-likeness (QED) is 0.220. The average Bonchev–Trinajstić information content (AvgIpc) is 3.36. The van der Waals surface area contributed by atoms with E-state index in [9.17, 15) is 5.26 Å². The number of aryl methyl sites for hydroxylation is 2. The van der Waals surface area contributed by atoms with Gasteiger partial charge in [-0.25, -0.2) is 4.57 Å². The molecule has 40 heavy (non-hydrogen) atoms. The number of pyridine rings is 1. The standard InChI is InChI=1S/C37H37N2O/c1-25-12-18-29-30-19-17-28(24-38)34(36(30)40-35(29)33(25)32-11-5-9-23-39(32)2)27-15-13-26(14-16-27)31-10-4-8-22-37(31)20-6-3-7-21-37/h5,9,11-19,23,31H,3-4,6-8,10,20-22H2,1-2H3/q+1. The molecule has 0 saturated heterocycles. The van der Waals surface area contributed by atoms with Crippen LogP contribution in [0.5, 0.6) is 0 Å². The molecule has 3 heteroatoms. The fourth-order valence-corrected chi connectivity index (χ4v) is 8.05. The first-order valence-electron chi connectivity index (χ1n) is 15.0. The maximum atomic E-state index is 10.2. The van der Waals surface area contributed by atoms with E-state index in [-0.39, 0.29) is 0 Å². The van der Waals surface area contributed by atoms with Crippen LogP contribution >= 0.6 is 0 Å². The minimum absolute atomic E-state index is 0.496. The molecule has 0 bridgehead atoms. The lowest BCUT2D eigenvalue weighted by molar-refractivity contribution is -0.660. The van der Waals surface area contributed by atoms with Gasteiger partial charge < -0.3 is 4.42 Å². The second-order valence-electron chi connectivity index (χ2n) is 12.3. The molecule has 0 amide bonds. The summed E-state index contributed by atoms with van der Waals surface area (Å²) in [6, 6.07) is 26.2. The predicted octanol–water partition coefficient (Wildman–Crippen LogP) is 9.53. The molecule has 3 aromatic carbocycles. The van der Waals surface area contributed by atoms with E-state index < -0.39 is 0 Å². The maximum absolute atomic E-state index is 10.2. The van der Waals surface area contributed by atoms with Crippen molar-refractivity contribution >= 4 is 21.9 Å². The largest absolute Gasteiger partial charge is 0.454 e. The Balaban J connectivity index is 1.37. The molecule has 3 nitrogen and oxygen atoms in total. The normalized spacial score (nSPS) is 18.8. The first-order valence-corrected chi connectivity index (χ1v) is 15.0. The summed E-state index contributed by atoms with van der Waals surface area (Å²) in [5.41, 5.74) is 9.66. The predicted molar refractivity (Wildman–Crippen MR) is 162 cm³/mol. The van der Waals surface area contributed by atoms with Gasteiger partial charge in [-0.05, 0) is 78.8 Å². The van der Waals surface area contributed by atoms with Crippen LogP contribution in [0.1, 0.15) is 80.4 Å². The molecular weight excluding hydrogens is 488 g/mol. The van der Waals surface area contributed by atoms with Gasteiger partial charge in [-0.2, -0.15) is 5.26 Å². The third-order valence-electron chi connectivity index (χ3n) is 10.1. The number of furan rings is 1. The Hall–Kier alpha value is -3.90. The molecule has 1 unspecified atom stereocenters. The van der Waals surface area contributed by atoms with Crippen molar-refractivity contribution in [3.05, 3.63) is 89.6 Å². The molecular formula is C37H37N2O+. The summed E-state index contributed by atoms with van der Waals surface area (Å²) in [4.78, 5) is 0. The van der Waals surface area contributed by atoms with Crippen molar-refractivity contribution in [2.75, 3.05) is 0 Å². The zero-order chi connectivity index (χ0) is 27.3. The first kappa shape index (κ1) is 25.1. The third-order valence-corrected chi connectivity index (χ3v) is 10.1. The van der Waals surface area contributed by atoms with Crippen molar-refractivity contribution in [2.24, 2.45) is 12.5 Å². The SMILES string of the molecule is Cc1ccc2c(oc3c(-c4ccc(C5CCCCC56CCCCC6)cc4)c(C#N)ccc32)c1-c1cccc[n+]1C. The molecule has 2 aliphatic rings. The van der Waals surface area contributed by atoms with E-state index in [1.54, 1.807) is 0 Å². The highest BCUT2D eigenvalue weighted by molar-refractivity contribution is 6.14. The van der Waals surface area contributed by atoms with Crippen LogP contribution in [0.25, 0.3) is 44.3 Å². The van der Waals surface area contributed by atoms with E-state index in [0.29, 0.717) is 16.9 Å². The van der Waals surface area contributed by atoms with Gasteiger partial charge in [0, 0.05) is 28.5 Å². The number of hydrogen-bond acceptors (Lipinski definition) is 2. The summed E-state index contributed by atoms with van der Waals surface area (Å²) in [6.45, 7) is 2.14. The summed E-state index contributed by atoms with van der Waals surface area (Å²) in [6.07, 6.45) is 14.4. The lowest BCUT2D eigenvalue weighted by Crippen LogP contribution is -2.34. The van der Waals surface area contributed by atoms with Gasteiger partial charge in [-0.15, -0.1) is 0 Å². The summed E-state index contributed by atoms with van der Waals surface area (Å²) in [7, 11) is 2.07. The minimum atomic E-state index is 0.496. The van der Waals surface area contributed by atoms with Crippen molar-refractivity contribution in [3.8, 4) is 28.5 Å². The van der Waals surface area contributed by atoms with E-state index >= 15 is 0 Å². The summed E-state index contributed by atoms with van der Waals surface area (Å²) < 4.78 is 8.91. The Kier molecular flexibility index (Phi) is 6.23. The monoisotopic (exact) mass is 525 g/mol. The molecule has 5 aromatic rings. The molecule has 0 radical (unpaired) electrons. The molecule has 7 rings (SSSR count). The lowest BCUT2D eigenvalue weighted by Gasteiger charge is -2.47. The van der Waals surface area contributed by atoms with Crippen molar-refractivity contribution in [3.63, 3.8) is 0 Å². The van der Waals surface area contributed by atoms with Crippen LogP contribution in [-0.2, 0) is 7.05 Å². The van der Waals surface area contributed by atoms with Gasteiger partial charge in [-0.3, -0.25) is 0 Å². The highest BCUT2D eigenvalue weighted by Gasteiger charge is 2.41. The molecule has 1 atom stereocenters. The van der Waals surface area contributed by atoms with Crippen LogP contribution in [0.3, 0.4) is 0 Å². The first-order chi connectivity index (χ1) is 19.6. The number of benzene rings is 3. The van der Waals surface area contributed by atoms with E-state index in [2.05, 4.69) is 85.4 Å². The number of aromatic nitrogens is 1.